The zero-order valence-corrected chi connectivity index (χ0v) is 9.36. The molecule has 4 heteroatoms. The van der Waals surface area contributed by atoms with Crippen molar-refractivity contribution in [1.29, 1.82) is 0 Å². The minimum absolute atomic E-state index is 0.468. The number of aromatic nitrogens is 2. The van der Waals surface area contributed by atoms with Crippen molar-refractivity contribution in [1.82, 2.24) is 9.97 Å². The fourth-order valence-corrected chi connectivity index (χ4v) is 1.53. The van der Waals surface area contributed by atoms with Gasteiger partial charge in [0.2, 0.25) is 5.95 Å². The highest BCUT2D eigenvalue weighted by Gasteiger charge is 2.03. The molecule has 2 aromatic rings. The highest BCUT2D eigenvalue weighted by molar-refractivity contribution is 5.64. The molecule has 2 rings (SSSR count). The first-order chi connectivity index (χ1) is 7.69. The summed E-state index contributed by atoms with van der Waals surface area (Å²) in [5, 5.41) is 2.89. The molecule has 0 aliphatic rings. The van der Waals surface area contributed by atoms with E-state index in [1.807, 2.05) is 25.1 Å². The van der Waals surface area contributed by atoms with Gasteiger partial charge in [-0.1, -0.05) is 23.8 Å². The third kappa shape index (κ3) is 2.11. The topological polar surface area (TPSA) is 63.8 Å². The molecule has 1 heterocycles. The summed E-state index contributed by atoms with van der Waals surface area (Å²) in [7, 11) is 1.77. The number of nitrogens with one attached hydrogen (secondary N) is 1. The number of nitrogens with zero attached hydrogens (tertiary/aromatic N) is 2. The second kappa shape index (κ2) is 4.18. The number of aryl methyl sites for hydroxylation is 1. The summed E-state index contributed by atoms with van der Waals surface area (Å²) in [4.78, 5) is 8.42. The van der Waals surface area contributed by atoms with Gasteiger partial charge in [0.25, 0.3) is 0 Å². The molecule has 16 heavy (non-hydrogen) atoms. The number of benzene rings is 1. The van der Waals surface area contributed by atoms with Gasteiger partial charge in [-0.3, -0.25) is 0 Å². The Morgan fingerprint density at radius 2 is 2.00 bits per heavy atom. The number of hydrogen-bond acceptors (Lipinski definition) is 4. The van der Waals surface area contributed by atoms with E-state index in [-0.39, 0.29) is 0 Å². The lowest BCUT2D eigenvalue weighted by Crippen LogP contribution is -2.01. The summed E-state index contributed by atoms with van der Waals surface area (Å²) in [6.45, 7) is 2.05. The molecule has 3 N–H and O–H groups in total. The summed E-state index contributed by atoms with van der Waals surface area (Å²) in [5.41, 5.74) is 8.80. The van der Waals surface area contributed by atoms with Crippen molar-refractivity contribution < 1.29 is 0 Å². The van der Waals surface area contributed by atoms with Gasteiger partial charge < -0.3 is 11.1 Å². The van der Waals surface area contributed by atoms with Gasteiger partial charge in [-0.2, -0.15) is 4.98 Å². The van der Waals surface area contributed by atoms with Crippen LogP contribution in [0.1, 0.15) is 5.56 Å². The first-order valence-electron chi connectivity index (χ1n) is 5.08. The van der Waals surface area contributed by atoms with E-state index in [0.29, 0.717) is 11.8 Å². The van der Waals surface area contributed by atoms with Crippen LogP contribution < -0.4 is 11.1 Å². The zero-order chi connectivity index (χ0) is 11.5. The summed E-state index contributed by atoms with van der Waals surface area (Å²) in [5.74, 6) is 1.01. The Morgan fingerprint density at radius 1 is 1.19 bits per heavy atom. The number of nitrogens with two attached hydrogens (primary N) is 1. The average Bonchev–Trinajstić information content (AvgIpc) is 2.28. The van der Waals surface area contributed by atoms with E-state index < -0.39 is 0 Å². The largest absolute Gasteiger partial charge is 0.384 e. The van der Waals surface area contributed by atoms with Crippen molar-refractivity contribution >= 4 is 11.8 Å². The molecule has 1 aromatic heterocycles. The molecule has 0 fully saturated rings. The second-order valence-corrected chi connectivity index (χ2v) is 3.62. The third-order valence-electron chi connectivity index (χ3n) is 2.28. The van der Waals surface area contributed by atoms with E-state index in [9.17, 15) is 0 Å². The molecule has 0 aliphatic heterocycles. The molecule has 0 aliphatic carbocycles. The molecule has 82 valence electrons. The lowest BCUT2D eigenvalue weighted by atomic mass is 10.1. The van der Waals surface area contributed by atoms with Crippen molar-refractivity contribution in [2.45, 2.75) is 6.92 Å². The smallest absolute Gasteiger partial charge is 0.224 e. The van der Waals surface area contributed by atoms with Crippen LogP contribution in [0.4, 0.5) is 11.8 Å². The highest BCUT2D eigenvalue weighted by Crippen LogP contribution is 2.20. The van der Waals surface area contributed by atoms with E-state index in [1.54, 1.807) is 13.1 Å². The minimum Gasteiger partial charge on any atom is -0.384 e. The standard InChI is InChI=1S/C12H14N4/c1-8-4-3-5-9(6-8)10-7-11(13)16-12(14-2)15-10/h3-7H,1-2H3,(H3,13,14,15,16). The quantitative estimate of drug-likeness (QED) is 0.803. The van der Waals surface area contributed by atoms with E-state index in [2.05, 4.69) is 21.4 Å². The molecule has 0 bridgehead atoms. The SMILES string of the molecule is CNc1nc(N)cc(-c2cccc(C)c2)n1. The van der Waals surface area contributed by atoms with E-state index >= 15 is 0 Å². The molecule has 0 spiro atoms. The maximum absolute atomic E-state index is 5.72. The normalized spacial score (nSPS) is 10.1. The molecule has 0 atom stereocenters. The number of rotatable bonds is 2. The molecule has 0 unspecified atom stereocenters. The monoisotopic (exact) mass is 214 g/mol. The van der Waals surface area contributed by atoms with Crippen LogP contribution in [-0.2, 0) is 0 Å². The van der Waals surface area contributed by atoms with Gasteiger partial charge in [-0.05, 0) is 13.0 Å². The van der Waals surface area contributed by atoms with Crippen LogP contribution in [0.15, 0.2) is 30.3 Å². The molecular formula is C12H14N4. The van der Waals surface area contributed by atoms with Crippen molar-refractivity contribution in [3.63, 3.8) is 0 Å². The summed E-state index contributed by atoms with van der Waals surface area (Å²) >= 11 is 0. The minimum atomic E-state index is 0.468. The maximum Gasteiger partial charge on any atom is 0.224 e. The molecule has 0 saturated carbocycles. The lowest BCUT2D eigenvalue weighted by Gasteiger charge is -2.05. The Hall–Kier alpha value is -2.10. The molecule has 4 nitrogen and oxygen atoms in total. The molecular weight excluding hydrogens is 200 g/mol. The van der Waals surface area contributed by atoms with Crippen LogP contribution in [0.25, 0.3) is 11.3 Å². The van der Waals surface area contributed by atoms with Crippen molar-refractivity contribution in [2.75, 3.05) is 18.1 Å². The Balaban J connectivity index is 2.51. The van der Waals surface area contributed by atoms with E-state index in [1.165, 1.54) is 5.56 Å². The van der Waals surface area contributed by atoms with Crippen LogP contribution in [0.2, 0.25) is 0 Å². The second-order valence-electron chi connectivity index (χ2n) is 3.62. The average molecular weight is 214 g/mol. The van der Waals surface area contributed by atoms with Gasteiger partial charge in [-0.15, -0.1) is 0 Å². The Kier molecular flexibility index (Phi) is 2.72. The summed E-state index contributed by atoms with van der Waals surface area (Å²) in [6, 6.07) is 9.90. The number of anilines is 2. The van der Waals surface area contributed by atoms with Gasteiger partial charge >= 0.3 is 0 Å². The van der Waals surface area contributed by atoms with Gasteiger partial charge in [0.1, 0.15) is 5.82 Å². The molecule has 1 aromatic carbocycles. The predicted octanol–water partition coefficient (Wildman–Crippen LogP) is 2.08. The lowest BCUT2D eigenvalue weighted by molar-refractivity contribution is 1.16. The molecule has 0 saturated heterocycles. The number of nitrogen functional groups attached to an aromatic ring is 1. The Labute approximate surface area is 94.5 Å². The highest BCUT2D eigenvalue weighted by atomic mass is 15.1. The van der Waals surface area contributed by atoms with Crippen LogP contribution in [0.5, 0.6) is 0 Å². The van der Waals surface area contributed by atoms with Gasteiger partial charge in [0.05, 0.1) is 5.69 Å². The van der Waals surface area contributed by atoms with Crippen molar-refractivity contribution in [3.8, 4) is 11.3 Å². The van der Waals surface area contributed by atoms with Crippen molar-refractivity contribution in [2.24, 2.45) is 0 Å². The first-order valence-corrected chi connectivity index (χ1v) is 5.08. The van der Waals surface area contributed by atoms with Gasteiger partial charge in [-0.25, -0.2) is 4.98 Å². The molecule has 0 amide bonds. The number of hydrogen-bond donors (Lipinski definition) is 2. The van der Waals surface area contributed by atoms with Crippen molar-refractivity contribution in [3.05, 3.63) is 35.9 Å². The fraction of sp³-hybridized carbons (Fsp3) is 0.167. The fourth-order valence-electron chi connectivity index (χ4n) is 1.53. The Morgan fingerprint density at radius 3 is 2.69 bits per heavy atom. The van der Waals surface area contributed by atoms with Crippen LogP contribution in [-0.4, -0.2) is 17.0 Å². The predicted molar refractivity (Wildman–Crippen MR) is 66.2 cm³/mol. The molecule has 0 radical (unpaired) electrons. The van der Waals surface area contributed by atoms with E-state index in [4.69, 9.17) is 5.73 Å². The van der Waals surface area contributed by atoms with Crippen LogP contribution >= 0.6 is 0 Å². The van der Waals surface area contributed by atoms with Gasteiger partial charge in [0.15, 0.2) is 0 Å². The van der Waals surface area contributed by atoms with Crippen LogP contribution in [0, 0.1) is 6.92 Å². The Bertz CT molecular complexity index is 508. The van der Waals surface area contributed by atoms with E-state index in [0.717, 1.165) is 11.3 Å². The van der Waals surface area contributed by atoms with Crippen LogP contribution in [0.3, 0.4) is 0 Å². The first kappa shape index (κ1) is 10.4. The van der Waals surface area contributed by atoms with Gasteiger partial charge in [0, 0.05) is 18.7 Å². The zero-order valence-electron chi connectivity index (χ0n) is 9.36. The summed E-state index contributed by atoms with van der Waals surface area (Å²) in [6.07, 6.45) is 0. The summed E-state index contributed by atoms with van der Waals surface area (Å²) < 4.78 is 0. The third-order valence-corrected chi connectivity index (χ3v) is 2.28. The maximum atomic E-state index is 5.72.